The minimum absolute atomic E-state index is 0.108. The van der Waals surface area contributed by atoms with Crippen molar-refractivity contribution in [3.8, 4) is 16.3 Å². The third kappa shape index (κ3) is 2.08. The smallest absolute Gasteiger partial charge is 0.270 e. The lowest BCUT2D eigenvalue weighted by molar-refractivity contribution is 0.0959. The van der Waals surface area contributed by atoms with Gasteiger partial charge in [0.1, 0.15) is 22.0 Å². The molecule has 2 heterocycles. The van der Waals surface area contributed by atoms with Crippen molar-refractivity contribution in [2.24, 2.45) is 0 Å². The van der Waals surface area contributed by atoms with Crippen LogP contribution < -0.4 is 5.32 Å². The zero-order chi connectivity index (χ0) is 14.1. The van der Waals surface area contributed by atoms with Gasteiger partial charge in [0.05, 0.1) is 5.52 Å². The number of benzene rings is 1. The quantitative estimate of drug-likeness (QED) is 0.750. The molecule has 0 saturated carbocycles. The molecule has 20 heavy (non-hydrogen) atoms. The second-order valence-electron chi connectivity index (χ2n) is 4.08. The summed E-state index contributed by atoms with van der Waals surface area (Å²) in [7, 11) is 1.54. The molecule has 2 N–H and O–H groups in total. The van der Waals surface area contributed by atoms with Crippen LogP contribution in [0.5, 0.6) is 5.75 Å². The molecule has 100 valence electrons. The first kappa shape index (κ1) is 12.5. The van der Waals surface area contributed by atoms with Crippen LogP contribution in [0.4, 0.5) is 0 Å². The summed E-state index contributed by atoms with van der Waals surface area (Å²) in [6.45, 7) is 0. The number of nitrogens with zero attached hydrogens (tertiary/aromatic N) is 3. The Morgan fingerprint density at radius 3 is 2.90 bits per heavy atom. The summed E-state index contributed by atoms with van der Waals surface area (Å²) < 4.78 is 0. The summed E-state index contributed by atoms with van der Waals surface area (Å²) in [5, 5.41) is 21.3. The highest BCUT2D eigenvalue weighted by Gasteiger charge is 2.17. The summed E-state index contributed by atoms with van der Waals surface area (Å²) >= 11 is 1.34. The molecule has 0 fully saturated rings. The van der Waals surface area contributed by atoms with E-state index < -0.39 is 0 Å². The van der Waals surface area contributed by atoms with Crippen molar-refractivity contribution in [1.82, 2.24) is 20.5 Å². The molecule has 1 aromatic carbocycles. The Bertz CT molecular complexity index is 786. The van der Waals surface area contributed by atoms with Crippen LogP contribution in [0, 0.1) is 0 Å². The van der Waals surface area contributed by atoms with Gasteiger partial charge < -0.3 is 10.4 Å². The van der Waals surface area contributed by atoms with Crippen LogP contribution in [0.15, 0.2) is 29.8 Å². The fourth-order valence-corrected chi connectivity index (χ4v) is 2.47. The Morgan fingerprint density at radius 2 is 2.20 bits per heavy atom. The van der Waals surface area contributed by atoms with E-state index in [2.05, 4.69) is 20.5 Å². The van der Waals surface area contributed by atoms with Crippen LogP contribution >= 0.6 is 11.3 Å². The number of rotatable bonds is 2. The minimum atomic E-state index is -0.305. The molecule has 0 radical (unpaired) electrons. The molecule has 3 rings (SSSR count). The first-order valence-electron chi connectivity index (χ1n) is 5.81. The number of aromatic nitrogens is 3. The van der Waals surface area contributed by atoms with Gasteiger partial charge in [-0.1, -0.05) is 11.3 Å². The number of phenols is 1. The number of aromatic hydroxyl groups is 1. The summed E-state index contributed by atoms with van der Waals surface area (Å²) in [6, 6.07) is 6.67. The summed E-state index contributed by atoms with van der Waals surface area (Å²) in [6.07, 6.45) is 0. The molecule has 7 heteroatoms. The molecule has 6 nitrogen and oxygen atoms in total. The highest BCUT2D eigenvalue weighted by atomic mass is 32.1. The number of hydrogen-bond donors (Lipinski definition) is 2. The zero-order valence-corrected chi connectivity index (χ0v) is 11.3. The fraction of sp³-hybridized carbons (Fsp3) is 0.0769. The maximum atomic E-state index is 12.0. The number of phenolic OH excluding ortho intramolecular Hbond substituents is 1. The average molecular weight is 286 g/mol. The Kier molecular flexibility index (Phi) is 3.03. The summed E-state index contributed by atoms with van der Waals surface area (Å²) in [4.78, 5) is 16.3. The van der Waals surface area contributed by atoms with Crippen LogP contribution in [0.25, 0.3) is 21.5 Å². The van der Waals surface area contributed by atoms with Gasteiger partial charge in [-0.2, -0.15) is 0 Å². The topological polar surface area (TPSA) is 88.0 Å². The number of nitrogens with one attached hydrogen (secondary N) is 1. The fourth-order valence-electron chi connectivity index (χ4n) is 1.90. The second-order valence-corrected chi connectivity index (χ2v) is 4.92. The normalized spacial score (nSPS) is 10.7. The van der Waals surface area contributed by atoms with Crippen molar-refractivity contribution in [3.05, 3.63) is 35.5 Å². The highest BCUT2D eigenvalue weighted by molar-refractivity contribution is 7.12. The standard InChI is InChI=1S/C13H10N4O2S/c1-14-12(19)11-9(13-17-15-6-20-13)4-7-2-3-8(18)5-10(7)16-11/h2-6,18H,1H3,(H,14,19). The molecule has 3 aromatic rings. The molecular weight excluding hydrogens is 276 g/mol. The van der Waals surface area contributed by atoms with E-state index in [1.807, 2.05) is 6.07 Å². The van der Waals surface area contributed by atoms with Crippen LogP contribution in [0.1, 0.15) is 10.5 Å². The number of hydrogen-bond acceptors (Lipinski definition) is 6. The third-order valence-electron chi connectivity index (χ3n) is 2.83. The molecular formula is C13H10N4O2S. The van der Waals surface area contributed by atoms with Crippen molar-refractivity contribution in [3.63, 3.8) is 0 Å². The van der Waals surface area contributed by atoms with Gasteiger partial charge in [0.2, 0.25) is 0 Å². The van der Waals surface area contributed by atoms with Gasteiger partial charge in [-0.05, 0) is 18.2 Å². The number of amides is 1. The van der Waals surface area contributed by atoms with Crippen molar-refractivity contribution < 1.29 is 9.90 Å². The number of fused-ring (bicyclic) bond motifs is 1. The lowest BCUT2D eigenvalue weighted by Gasteiger charge is -2.07. The Morgan fingerprint density at radius 1 is 1.35 bits per heavy atom. The predicted molar refractivity (Wildman–Crippen MR) is 75.7 cm³/mol. The van der Waals surface area contributed by atoms with Crippen LogP contribution in [-0.2, 0) is 0 Å². The zero-order valence-electron chi connectivity index (χ0n) is 10.5. The monoisotopic (exact) mass is 286 g/mol. The molecule has 0 aliphatic carbocycles. The Labute approximate surface area is 118 Å². The first-order valence-corrected chi connectivity index (χ1v) is 6.69. The van der Waals surface area contributed by atoms with Gasteiger partial charge in [0.25, 0.3) is 5.91 Å². The average Bonchev–Trinajstić information content (AvgIpc) is 2.99. The van der Waals surface area contributed by atoms with E-state index in [0.717, 1.165) is 5.39 Å². The van der Waals surface area contributed by atoms with Gasteiger partial charge in [0.15, 0.2) is 0 Å². The maximum absolute atomic E-state index is 12.0. The highest BCUT2D eigenvalue weighted by Crippen LogP contribution is 2.28. The van der Waals surface area contributed by atoms with E-state index in [9.17, 15) is 9.90 Å². The molecule has 0 saturated heterocycles. The second kappa shape index (κ2) is 4.86. The van der Waals surface area contributed by atoms with Crippen molar-refractivity contribution in [2.45, 2.75) is 0 Å². The number of pyridine rings is 1. The molecule has 1 amide bonds. The van der Waals surface area contributed by atoms with E-state index in [1.54, 1.807) is 24.7 Å². The molecule has 2 aromatic heterocycles. The summed E-state index contributed by atoms with van der Waals surface area (Å²) in [5.41, 5.74) is 3.05. The van der Waals surface area contributed by atoms with Gasteiger partial charge in [-0.25, -0.2) is 4.98 Å². The van der Waals surface area contributed by atoms with E-state index in [4.69, 9.17) is 0 Å². The minimum Gasteiger partial charge on any atom is -0.508 e. The lowest BCUT2D eigenvalue weighted by atomic mass is 10.1. The summed E-state index contributed by atoms with van der Waals surface area (Å²) in [5.74, 6) is -0.197. The predicted octanol–water partition coefficient (Wildman–Crippen LogP) is 1.82. The first-order chi connectivity index (χ1) is 9.69. The van der Waals surface area contributed by atoms with Crippen molar-refractivity contribution >= 4 is 28.1 Å². The van der Waals surface area contributed by atoms with Crippen LogP contribution in [0.2, 0.25) is 0 Å². The van der Waals surface area contributed by atoms with Gasteiger partial charge in [-0.15, -0.1) is 10.2 Å². The molecule has 0 spiro atoms. The van der Waals surface area contributed by atoms with Crippen LogP contribution in [-0.4, -0.2) is 33.2 Å². The molecule has 0 bridgehead atoms. The van der Waals surface area contributed by atoms with Crippen molar-refractivity contribution in [2.75, 3.05) is 7.05 Å². The molecule has 0 unspecified atom stereocenters. The Hall–Kier alpha value is -2.54. The number of carbonyl (C=O) groups is 1. The van der Waals surface area contributed by atoms with Gasteiger partial charge in [-0.3, -0.25) is 4.79 Å². The van der Waals surface area contributed by atoms with Crippen LogP contribution in [0.3, 0.4) is 0 Å². The maximum Gasteiger partial charge on any atom is 0.270 e. The van der Waals surface area contributed by atoms with E-state index in [-0.39, 0.29) is 17.4 Å². The van der Waals surface area contributed by atoms with E-state index in [1.165, 1.54) is 17.4 Å². The molecule has 0 aliphatic rings. The lowest BCUT2D eigenvalue weighted by Crippen LogP contribution is -2.20. The molecule has 0 atom stereocenters. The van der Waals surface area contributed by atoms with Gasteiger partial charge in [0, 0.05) is 24.1 Å². The largest absolute Gasteiger partial charge is 0.508 e. The van der Waals surface area contributed by atoms with Gasteiger partial charge >= 0.3 is 0 Å². The van der Waals surface area contributed by atoms with E-state index >= 15 is 0 Å². The van der Waals surface area contributed by atoms with Crippen molar-refractivity contribution in [1.29, 1.82) is 0 Å². The third-order valence-corrected chi connectivity index (χ3v) is 3.56. The SMILES string of the molecule is CNC(=O)c1nc2cc(O)ccc2cc1-c1nncs1. The van der Waals surface area contributed by atoms with E-state index in [0.29, 0.717) is 16.1 Å². The molecule has 0 aliphatic heterocycles. The Balaban J connectivity index is 2.31. The number of carbonyl (C=O) groups excluding carboxylic acids is 1.